The topological polar surface area (TPSA) is 104 Å². The minimum atomic E-state index is -0.150. The second kappa shape index (κ2) is 10.1. The van der Waals surface area contributed by atoms with Crippen molar-refractivity contribution in [3.8, 4) is 0 Å². The normalized spacial score (nSPS) is 16.5. The Bertz CT molecular complexity index is 968. The monoisotopic (exact) mass is 453 g/mol. The van der Waals surface area contributed by atoms with Gasteiger partial charge in [-0.25, -0.2) is 0 Å². The highest BCUT2D eigenvalue weighted by Crippen LogP contribution is 2.25. The van der Waals surface area contributed by atoms with Gasteiger partial charge in [-0.3, -0.25) is 14.4 Å². The molecule has 1 saturated heterocycles. The number of nitrogens with one attached hydrogen (secondary N) is 2. The highest BCUT2D eigenvalue weighted by atomic mass is 32.2. The summed E-state index contributed by atoms with van der Waals surface area (Å²) in [5.41, 5.74) is 1.26. The summed E-state index contributed by atoms with van der Waals surface area (Å²) in [4.78, 5) is 37.9. The van der Waals surface area contributed by atoms with Gasteiger partial charge in [0.2, 0.25) is 11.8 Å². The van der Waals surface area contributed by atoms with Crippen LogP contribution in [0.5, 0.6) is 0 Å². The summed E-state index contributed by atoms with van der Waals surface area (Å²) in [5, 5.41) is 15.1. The van der Waals surface area contributed by atoms with Crippen molar-refractivity contribution in [1.82, 2.24) is 15.5 Å². The van der Waals surface area contributed by atoms with Crippen molar-refractivity contribution in [3.05, 3.63) is 42.0 Å². The van der Waals surface area contributed by atoms with Gasteiger partial charge in [0.1, 0.15) is 5.03 Å². The molecule has 9 heteroatoms. The summed E-state index contributed by atoms with van der Waals surface area (Å²) in [5.74, 6) is 1.13. The number of hydrogen-bond donors (Lipinski definition) is 2. The first-order valence-electron chi connectivity index (χ1n) is 10.9. The Morgan fingerprint density at radius 2 is 1.72 bits per heavy atom. The smallest absolute Gasteiger partial charge is 0.234 e. The fraction of sp³-hybridized carbons (Fsp3) is 0.435. The minimum Gasteiger partial charge on any atom is -0.355 e. The van der Waals surface area contributed by atoms with E-state index in [-0.39, 0.29) is 29.3 Å². The number of carbonyl (C=O) groups excluding carboxylic acids is 3. The number of thioether (sulfide) groups is 1. The first-order chi connectivity index (χ1) is 15.5. The van der Waals surface area contributed by atoms with Crippen LogP contribution < -0.4 is 15.5 Å². The van der Waals surface area contributed by atoms with Crippen LogP contribution in [0.25, 0.3) is 0 Å². The quantitative estimate of drug-likeness (QED) is 0.468. The average molecular weight is 454 g/mol. The van der Waals surface area contributed by atoms with Crippen molar-refractivity contribution < 1.29 is 14.4 Å². The van der Waals surface area contributed by atoms with Crippen LogP contribution in [0.15, 0.2) is 41.4 Å². The lowest BCUT2D eigenvalue weighted by Gasteiger charge is -2.31. The Labute approximate surface area is 191 Å². The Balaban J connectivity index is 1.21. The van der Waals surface area contributed by atoms with Crippen molar-refractivity contribution in [2.45, 2.75) is 43.7 Å². The van der Waals surface area contributed by atoms with E-state index in [9.17, 15) is 14.4 Å². The van der Waals surface area contributed by atoms with Crippen molar-refractivity contribution in [3.63, 3.8) is 0 Å². The molecule has 2 amide bonds. The van der Waals surface area contributed by atoms with E-state index in [4.69, 9.17) is 0 Å². The van der Waals surface area contributed by atoms with E-state index >= 15 is 0 Å². The molecule has 2 aromatic rings. The third-order valence-corrected chi connectivity index (χ3v) is 6.59. The molecule has 2 aliphatic rings. The second-order valence-corrected chi connectivity index (χ2v) is 9.24. The highest BCUT2D eigenvalue weighted by molar-refractivity contribution is 7.99. The number of rotatable bonds is 8. The number of anilines is 2. The lowest BCUT2D eigenvalue weighted by molar-refractivity contribution is -0.125. The molecule has 2 N–H and O–H groups in total. The van der Waals surface area contributed by atoms with Gasteiger partial charge in [0.25, 0.3) is 0 Å². The van der Waals surface area contributed by atoms with Gasteiger partial charge in [-0.1, -0.05) is 11.8 Å². The molecule has 2 heterocycles. The molecule has 1 aliphatic carbocycles. The summed E-state index contributed by atoms with van der Waals surface area (Å²) < 4.78 is 0. The molecule has 168 valence electrons. The van der Waals surface area contributed by atoms with Gasteiger partial charge in [0, 0.05) is 36.3 Å². The molecule has 0 radical (unpaired) electrons. The van der Waals surface area contributed by atoms with Crippen molar-refractivity contribution in [2.75, 3.05) is 29.1 Å². The largest absolute Gasteiger partial charge is 0.355 e. The number of ketones is 1. The number of nitrogens with zero attached hydrogens (tertiary/aromatic N) is 3. The van der Waals surface area contributed by atoms with Gasteiger partial charge in [0.15, 0.2) is 11.6 Å². The van der Waals surface area contributed by atoms with E-state index in [0.717, 1.165) is 44.6 Å². The maximum Gasteiger partial charge on any atom is 0.234 e. The molecule has 0 spiro atoms. The first kappa shape index (κ1) is 22.3. The van der Waals surface area contributed by atoms with Crippen LogP contribution in [0.1, 0.15) is 43.0 Å². The predicted octanol–water partition coefficient (Wildman–Crippen LogP) is 2.91. The van der Waals surface area contributed by atoms with Crippen molar-refractivity contribution in [2.24, 2.45) is 5.92 Å². The SMILES string of the molecule is CC(=O)c1ccc(NC(=O)CSc2ccc(N3CCC(C(=O)NC4CC4)CC3)nn2)cc1. The summed E-state index contributed by atoms with van der Waals surface area (Å²) in [7, 11) is 0. The Morgan fingerprint density at radius 1 is 1.00 bits per heavy atom. The third kappa shape index (κ3) is 6.06. The van der Waals surface area contributed by atoms with E-state index in [0.29, 0.717) is 22.3 Å². The van der Waals surface area contributed by atoms with Gasteiger partial charge >= 0.3 is 0 Å². The molecule has 0 unspecified atom stereocenters. The zero-order chi connectivity index (χ0) is 22.5. The fourth-order valence-electron chi connectivity index (χ4n) is 3.60. The van der Waals surface area contributed by atoms with Gasteiger partial charge in [0.05, 0.1) is 5.75 Å². The number of piperidine rings is 1. The van der Waals surface area contributed by atoms with E-state index in [1.54, 1.807) is 24.3 Å². The Morgan fingerprint density at radius 3 is 2.31 bits per heavy atom. The summed E-state index contributed by atoms with van der Waals surface area (Å²) >= 11 is 1.32. The molecule has 1 saturated carbocycles. The van der Waals surface area contributed by atoms with E-state index in [2.05, 4.69) is 25.7 Å². The van der Waals surface area contributed by atoms with Gasteiger partial charge in [-0.2, -0.15) is 0 Å². The molecular formula is C23H27N5O3S. The lowest BCUT2D eigenvalue weighted by Crippen LogP contribution is -2.41. The molecule has 8 nitrogen and oxygen atoms in total. The van der Waals surface area contributed by atoms with Gasteiger partial charge in [-0.15, -0.1) is 10.2 Å². The van der Waals surface area contributed by atoms with E-state index < -0.39 is 0 Å². The Kier molecular flexibility index (Phi) is 7.04. The zero-order valence-electron chi connectivity index (χ0n) is 18.0. The van der Waals surface area contributed by atoms with E-state index in [1.807, 2.05) is 12.1 Å². The summed E-state index contributed by atoms with van der Waals surface area (Å²) in [6.07, 6.45) is 3.87. The number of carbonyl (C=O) groups is 3. The molecule has 0 bridgehead atoms. The summed E-state index contributed by atoms with van der Waals surface area (Å²) in [6, 6.07) is 11.0. The third-order valence-electron chi connectivity index (χ3n) is 5.67. The van der Waals surface area contributed by atoms with Crippen LogP contribution in [-0.4, -0.2) is 52.7 Å². The molecule has 1 aromatic carbocycles. The number of hydrogen-bond acceptors (Lipinski definition) is 7. The number of Topliss-reactive ketones (excluding diaryl/α,β-unsaturated/α-hetero) is 1. The van der Waals surface area contributed by atoms with Gasteiger partial charge < -0.3 is 15.5 Å². The maximum atomic E-state index is 12.2. The van der Waals surface area contributed by atoms with Crippen LogP contribution in [0.2, 0.25) is 0 Å². The van der Waals surface area contributed by atoms with Crippen molar-refractivity contribution in [1.29, 1.82) is 0 Å². The molecule has 32 heavy (non-hydrogen) atoms. The fourth-order valence-corrected chi connectivity index (χ4v) is 4.21. The van der Waals surface area contributed by atoms with Gasteiger partial charge in [-0.05, 0) is 69.0 Å². The molecule has 1 aromatic heterocycles. The number of amides is 2. The molecule has 0 atom stereocenters. The lowest BCUT2D eigenvalue weighted by atomic mass is 9.96. The summed E-state index contributed by atoms with van der Waals surface area (Å²) in [6.45, 7) is 3.08. The van der Waals surface area contributed by atoms with E-state index in [1.165, 1.54) is 18.7 Å². The first-order valence-corrected chi connectivity index (χ1v) is 11.9. The second-order valence-electron chi connectivity index (χ2n) is 8.24. The Hall–Kier alpha value is -2.94. The highest BCUT2D eigenvalue weighted by Gasteiger charge is 2.30. The van der Waals surface area contributed by atoms with Crippen molar-refractivity contribution >= 4 is 40.9 Å². The number of benzene rings is 1. The molecular weight excluding hydrogens is 426 g/mol. The average Bonchev–Trinajstić information content (AvgIpc) is 3.62. The van der Waals surface area contributed by atoms with Crippen LogP contribution in [0.3, 0.4) is 0 Å². The molecule has 1 aliphatic heterocycles. The number of aromatic nitrogens is 2. The zero-order valence-corrected chi connectivity index (χ0v) is 18.9. The molecule has 4 rings (SSSR count). The van der Waals surface area contributed by atoms with Crippen LogP contribution in [0, 0.1) is 5.92 Å². The van der Waals surface area contributed by atoms with Crippen LogP contribution >= 0.6 is 11.8 Å². The molecule has 2 fully saturated rings. The minimum absolute atomic E-state index is 0.0103. The maximum absolute atomic E-state index is 12.2. The van der Waals surface area contributed by atoms with Crippen LogP contribution in [0.4, 0.5) is 11.5 Å². The predicted molar refractivity (Wildman–Crippen MR) is 124 cm³/mol. The standard InChI is InChI=1S/C23H27N5O3S/c1-15(29)16-2-4-18(5-3-16)24-21(30)14-32-22-9-8-20(26-27-22)28-12-10-17(11-13-28)23(31)25-19-6-7-19/h2-5,8-9,17,19H,6-7,10-14H2,1H3,(H,24,30)(H,25,31). The van der Waals surface area contributed by atoms with Crippen LogP contribution in [-0.2, 0) is 9.59 Å².